The molecule has 1 aromatic rings. The van der Waals surface area contributed by atoms with E-state index in [1.54, 1.807) is 12.1 Å². The van der Waals surface area contributed by atoms with E-state index in [2.05, 4.69) is 10.2 Å². The van der Waals surface area contributed by atoms with Gasteiger partial charge in [0.25, 0.3) is 0 Å². The summed E-state index contributed by atoms with van der Waals surface area (Å²) in [7, 11) is -3.09. The number of hydrogen-bond donors (Lipinski definition) is 1. The van der Waals surface area contributed by atoms with Crippen LogP contribution in [0, 0.1) is 5.41 Å². The van der Waals surface area contributed by atoms with Gasteiger partial charge in [-0.1, -0.05) is 12.1 Å². The molecule has 21 heavy (non-hydrogen) atoms. The summed E-state index contributed by atoms with van der Waals surface area (Å²) in [5.41, 5.74) is 1.68. The van der Waals surface area contributed by atoms with Crippen molar-refractivity contribution in [1.82, 2.24) is 10.2 Å². The van der Waals surface area contributed by atoms with Crippen LogP contribution in [0.5, 0.6) is 0 Å². The molecule has 0 bridgehead atoms. The van der Waals surface area contributed by atoms with Gasteiger partial charge in [-0.25, -0.2) is 8.42 Å². The van der Waals surface area contributed by atoms with Crippen molar-refractivity contribution in [3.63, 3.8) is 0 Å². The summed E-state index contributed by atoms with van der Waals surface area (Å²) < 4.78 is 23.0. The molecule has 0 saturated carbocycles. The van der Waals surface area contributed by atoms with E-state index >= 15 is 0 Å². The molecule has 0 radical (unpaired) electrons. The predicted molar refractivity (Wildman–Crippen MR) is 84.0 cm³/mol. The zero-order chi connectivity index (χ0) is 14.9. The number of nitrogens with one attached hydrogen (secondary N) is 1. The second-order valence-corrected chi connectivity index (χ2v) is 8.67. The molecule has 5 heteroatoms. The Morgan fingerprint density at radius 3 is 2.62 bits per heavy atom. The van der Waals surface area contributed by atoms with Crippen molar-refractivity contribution in [3.8, 4) is 0 Å². The Morgan fingerprint density at radius 1 is 1.24 bits per heavy atom. The van der Waals surface area contributed by atoms with Gasteiger partial charge in [-0.3, -0.25) is 4.90 Å². The Bertz CT molecular complexity index is 589. The summed E-state index contributed by atoms with van der Waals surface area (Å²) in [6, 6.07) is 7.35. The maximum absolute atomic E-state index is 11.5. The fraction of sp³-hybridized carbons (Fsp3) is 0.625. The minimum atomic E-state index is -3.09. The SMILES string of the molecule is CS(=O)(=O)c1ccc(CN2CCCC3(CCNC3)C2)cc1. The van der Waals surface area contributed by atoms with E-state index in [0.29, 0.717) is 10.3 Å². The molecular weight excluding hydrogens is 284 g/mol. The molecule has 0 aliphatic carbocycles. The summed E-state index contributed by atoms with van der Waals surface area (Å²) in [5.74, 6) is 0. The summed E-state index contributed by atoms with van der Waals surface area (Å²) in [4.78, 5) is 2.92. The highest BCUT2D eigenvalue weighted by Crippen LogP contribution is 2.35. The van der Waals surface area contributed by atoms with Gasteiger partial charge in [-0.2, -0.15) is 0 Å². The smallest absolute Gasteiger partial charge is 0.175 e. The molecule has 0 aromatic heterocycles. The molecule has 116 valence electrons. The van der Waals surface area contributed by atoms with Crippen molar-refractivity contribution in [3.05, 3.63) is 29.8 Å². The lowest BCUT2D eigenvalue weighted by atomic mass is 9.79. The molecule has 1 spiro atoms. The maximum Gasteiger partial charge on any atom is 0.175 e. The number of benzene rings is 1. The number of piperidine rings is 1. The minimum Gasteiger partial charge on any atom is -0.316 e. The van der Waals surface area contributed by atoms with Gasteiger partial charge in [0.2, 0.25) is 0 Å². The first-order chi connectivity index (χ1) is 9.97. The van der Waals surface area contributed by atoms with E-state index < -0.39 is 9.84 Å². The third-order valence-corrected chi connectivity index (χ3v) is 5.96. The quantitative estimate of drug-likeness (QED) is 0.923. The van der Waals surface area contributed by atoms with Crippen molar-refractivity contribution in [2.45, 2.75) is 30.7 Å². The zero-order valence-corrected chi connectivity index (χ0v) is 13.5. The molecule has 2 heterocycles. The first kappa shape index (κ1) is 15.0. The second-order valence-electron chi connectivity index (χ2n) is 6.66. The molecule has 1 aromatic carbocycles. The van der Waals surface area contributed by atoms with Crippen LogP contribution in [0.15, 0.2) is 29.2 Å². The van der Waals surface area contributed by atoms with Crippen molar-refractivity contribution in [2.24, 2.45) is 5.41 Å². The lowest BCUT2D eigenvalue weighted by molar-refractivity contribution is 0.0978. The van der Waals surface area contributed by atoms with Crippen molar-refractivity contribution in [2.75, 3.05) is 32.4 Å². The van der Waals surface area contributed by atoms with Crippen LogP contribution in [0.2, 0.25) is 0 Å². The highest BCUT2D eigenvalue weighted by molar-refractivity contribution is 7.90. The van der Waals surface area contributed by atoms with Crippen molar-refractivity contribution in [1.29, 1.82) is 0 Å². The van der Waals surface area contributed by atoms with E-state index in [1.807, 2.05) is 12.1 Å². The summed E-state index contributed by atoms with van der Waals surface area (Å²) in [6.45, 7) is 5.53. The van der Waals surface area contributed by atoms with Crippen LogP contribution in [-0.2, 0) is 16.4 Å². The first-order valence-corrected chi connectivity index (χ1v) is 9.58. The normalized spacial score (nSPS) is 27.3. The van der Waals surface area contributed by atoms with Crippen LogP contribution >= 0.6 is 0 Å². The summed E-state index contributed by atoms with van der Waals surface area (Å²) in [6.07, 6.45) is 5.15. The van der Waals surface area contributed by atoms with Crippen LogP contribution < -0.4 is 5.32 Å². The second kappa shape index (κ2) is 5.71. The molecular formula is C16H24N2O2S. The molecule has 2 aliphatic heterocycles. The molecule has 0 amide bonds. The van der Waals surface area contributed by atoms with Gasteiger partial charge >= 0.3 is 0 Å². The number of nitrogens with zero attached hydrogens (tertiary/aromatic N) is 1. The topological polar surface area (TPSA) is 49.4 Å². The number of hydrogen-bond acceptors (Lipinski definition) is 4. The average Bonchev–Trinajstić information content (AvgIpc) is 2.86. The highest BCUT2D eigenvalue weighted by atomic mass is 32.2. The fourth-order valence-corrected chi connectivity index (χ4v) is 4.32. The molecule has 2 saturated heterocycles. The monoisotopic (exact) mass is 308 g/mol. The zero-order valence-electron chi connectivity index (χ0n) is 12.6. The van der Waals surface area contributed by atoms with Gasteiger partial charge in [0.15, 0.2) is 9.84 Å². The van der Waals surface area contributed by atoms with E-state index in [9.17, 15) is 8.42 Å². The van der Waals surface area contributed by atoms with Crippen LogP contribution in [0.25, 0.3) is 0 Å². The van der Waals surface area contributed by atoms with E-state index in [0.717, 1.165) is 32.7 Å². The number of rotatable bonds is 3. The van der Waals surface area contributed by atoms with Gasteiger partial charge in [0.1, 0.15) is 0 Å². The minimum absolute atomic E-state index is 0.404. The molecule has 3 rings (SSSR count). The van der Waals surface area contributed by atoms with Gasteiger partial charge in [-0.05, 0) is 55.5 Å². The lowest BCUT2D eigenvalue weighted by Crippen LogP contribution is -2.43. The first-order valence-electron chi connectivity index (χ1n) is 7.69. The van der Waals surface area contributed by atoms with Crippen LogP contribution in [-0.4, -0.2) is 45.8 Å². The lowest BCUT2D eigenvalue weighted by Gasteiger charge is -2.40. The number of sulfone groups is 1. The molecule has 1 N–H and O–H groups in total. The van der Waals surface area contributed by atoms with Crippen LogP contribution in [0.4, 0.5) is 0 Å². The molecule has 2 fully saturated rings. The van der Waals surface area contributed by atoms with Gasteiger partial charge in [0.05, 0.1) is 4.90 Å². The highest BCUT2D eigenvalue weighted by Gasteiger charge is 2.37. The fourth-order valence-electron chi connectivity index (χ4n) is 3.69. The molecule has 1 atom stereocenters. The van der Waals surface area contributed by atoms with E-state index in [-0.39, 0.29) is 0 Å². The molecule has 1 unspecified atom stereocenters. The Morgan fingerprint density at radius 2 is 2.00 bits per heavy atom. The Hall–Kier alpha value is -0.910. The number of likely N-dealkylation sites (tertiary alicyclic amines) is 1. The third-order valence-electron chi connectivity index (χ3n) is 4.83. The third kappa shape index (κ3) is 3.47. The van der Waals surface area contributed by atoms with Crippen LogP contribution in [0.1, 0.15) is 24.8 Å². The van der Waals surface area contributed by atoms with Gasteiger partial charge < -0.3 is 5.32 Å². The van der Waals surface area contributed by atoms with Crippen LogP contribution in [0.3, 0.4) is 0 Å². The molecule has 4 nitrogen and oxygen atoms in total. The standard InChI is InChI=1S/C16H24N2O2S/c1-21(19,20)15-5-3-14(4-6-15)11-18-10-2-7-16(13-18)8-9-17-12-16/h3-6,17H,2,7-13H2,1H3. The Labute approximate surface area is 127 Å². The predicted octanol–water partition coefficient (Wildman–Crippen LogP) is 1.67. The molecule has 2 aliphatic rings. The Balaban J connectivity index is 1.66. The van der Waals surface area contributed by atoms with E-state index in [1.165, 1.54) is 31.1 Å². The average molecular weight is 308 g/mol. The Kier molecular flexibility index (Phi) is 4.08. The van der Waals surface area contributed by atoms with Crippen molar-refractivity contribution >= 4 is 9.84 Å². The van der Waals surface area contributed by atoms with Gasteiger partial charge in [0, 0.05) is 25.9 Å². The van der Waals surface area contributed by atoms with Gasteiger partial charge in [-0.15, -0.1) is 0 Å². The van der Waals surface area contributed by atoms with E-state index in [4.69, 9.17) is 0 Å². The maximum atomic E-state index is 11.5. The summed E-state index contributed by atoms with van der Waals surface area (Å²) >= 11 is 0. The summed E-state index contributed by atoms with van der Waals surface area (Å²) in [5, 5.41) is 3.50. The van der Waals surface area contributed by atoms with Crippen molar-refractivity contribution < 1.29 is 8.42 Å². The largest absolute Gasteiger partial charge is 0.316 e.